The fraction of sp³-hybridized carbons (Fsp3) is 0.278. The van der Waals surface area contributed by atoms with Gasteiger partial charge in [-0.2, -0.15) is 0 Å². The van der Waals surface area contributed by atoms with E-state index >= 15 is 0 Å². The Morgan fingerprint density at radius 2 is 2.00 bits per heavy atom. The van der Waals surface area contributed by atoms with Crippen LogP contribution in [0.4, 0.5) is 0 Å². The Balaban J connectivity index is 2.21. The van der Waals surface area contributed by atoms with Gasteiger partial charge in [0.1, 0.15) is 5.69 Å². The predicted octanol–water partition coefficient (Wildman–Crippen LogP) is 2.84. The zero-order valence-electron chi connectivity index (χ0n) is 13.6. The highest BCUT2D eigenvalue weighted by atomic mass is 16.5. The number of aryl methyl sites for hydroxylation is 1. The van der Waals surface area contributed by atoms with Crippen LogP contribution in [0.1, 0.15) is 38.9 Å². The number of carbonyl (C=O) groups excluding carboxylic acids is 2. The van der Waals surface area contributed by atoms with Crippen LogP contribution in [0, 0.1) is 6.92 Å². The zero-order chi connectivity index (χ0) is 16.8. The van der Waals surface area contributed by atoms with E-state index in [9.17, 15) is 9.59 Å². The lowest BCUT2D eigenvalue weighted by Gasteiger charge is -2.21. The molecule has 0 atom stereocenters. The Labute approximate surface area is 135 Å². The third-order valence-corrected chi connectivity index (χ3v) is 3.53. The average molecular weight is 312 g/mol. The molecule has 23 heavy (non-hydrogen) atoms. The van der Waals surface area contributed by atoms with Crippen LogP contribution >= 0.6 is 0 Å². The van der Waals surface area contributed by atoms with E-state index in [0.717, 1.165) is 11.1 Å². The maximum absolute atomic E-state index is 12.7. The number of esters is 1. The fourth-order valence-electron chi connectivity index (χ4n) is 2.32. The first-order chi connectivity index (χ1) is 11.0. The summed E-state index contributed by atoms with van der Waals surface area (Å²) in [6.45, 7) is 5.04. The first kappa shape index (κ1) is 16.7. The lowest BCUT2D eigenvalue weighted by atomic mass is 10.1. The van der Waals surface area contributed by atoms with Crippen molar-refractivity contribution in [2.45, 2.75) is 20.4 Å². The van der Waals surface area contributed by atoms with Crippen molar-refractivity contribution in [2.24, 2.45) is 0 Å². The number of hydrogen-bond donors (Lipinski definition) is 0. The predicted molar refractivity (Wildman–Crippen MR) is 87.2 cm³/mol. The minimum Gasteiger partial charge on any atom is -0.464 e. The molecule has 0 fully saturated rings. The fourth-order valence-corrected chi connectivity index (χ4v) is 2.32. The summed E-state index contributed by atoms with van der Waals surface area (Å²) in [6.07, 6.45) is 1.44. The van der Waals surface area contributed by atoms with Crippen LogP contribution in [0.15, 0.2) is 42.6 Å². The van der Waals surface area contributed by atoms with Crippen LogP contribution < -0.4 is 0 Å². The maximum Gasteiger partial charge on any atom is 0.356 e. The van der Waals surface area contributed by atoms with Gasteiger partial charge in [-0.3, -0.25) is 4.79 Å². The molecule has 1 amide bonds. The molecule has 0 saturated heterocycles. The van der Waals surface area contributed by atoms with Gasteiger partial charge in [0.2, 0.25) is 0 Å². The van der Waals surface area contributed by atoms with Crippen LogP contribution in [0.2, 0.25) is 0 Å². The Morgan fingerprint density at radius 1 is 1.22 bits per heavy atom. The standard InChI is InChI=1S/C18H20N2O3/c1-4-20(12-14-7-5-6-13(2)10-14)17(21)15-8-9-19-16(11-15)18(22)23-3/h5-11H,4,12H2,1-3H3. The summed E-state index contributed by atoms with van der Waals surface area (Å²) in [5.41, 5.74) is 2.78. The first-order valence-electron chi connectivity index (χ1n) is 7.44. The number of carbonyl (C=O) groups is 2. The van der Waals surface area contributed by atoms with Crippen molar-refractivity contribution in [2.75, 3.05) is 13.7 Å². The average Bonchev–Trinajstić information content (AvgIpc) is 2.58. The van der Waals surface area contributed by atoms with Crippen molar-refractivity contribution in [3.63, 3.8) is 0 Å². The van der Waals surface area contributed by atoms with Crippen molar-refractivity contribution < 1.29 is 14.3 Å². The summed E-state index contributed by atoms with van der Waals surface area (Å²) >= 11 is 0. The van der Waals surface area contributed by atoms with Crippen molar-refractivity contribution >= 4 is 11.9 Å². The topological polar surface area (TPSA) is 59.5 Å². The van der Waals surface area contributed by atoms with E-state index < -0.39 is 5.97 Å². The van der Waals surface area contributed by atoms with E-state index in [-0.39, 0.29) is 11.6 Å². The van der Waals surface area contributed by atoms with Crippen molar-refractivity contribution in [3.05, 3.63) is 65.0 Å². The molecular formula is C18H20N2O3. The summed E-state index contributed by atoms with van der Waals surface area (Å²) < 4.78 is 4.64. The second-order valence-electron chi connectivity index (χ2n) is 5.23. The molecule has 0 radical (unpaired) electrons. The molecule has 0 spiro atoms. The lowest BCUT2D eigenvalue weighted by molar-refractivity contribution is 0.0594. The number of benzene rings is 1. The monoisotopic (exact) mass is 312 g/mol. The third kappa shape index (κ3) is 4.16. The van der Waals surface area contributed by atoms with E-state index in [1.54, 1.807) is 11.0 Å². The van der Waals surface area contributed by atoms with E-state index in [0.29, 0.717) is 18.7 Å². The SMILES string of the molecule is CCN(Cc1cccc(C)c1)C(=O)c1ccnc(C(=O)OC)c1. The smallest absolute Gasteiger partial charge is 0.356 e. The van der Waals surface area contributed by atoms with Crippen LogP contribution in [-0.2, 0) is 11.3 Å². The molecule has 0 aliphatic rings. The second kappa shape index (κ2) is 7.54. The number of nitrogens with zero attached hydrogens (tertiary/aromatic N) is 2. The highest BCUT2D eigenvalue weighted by Crippen LogP contribution is 2.12. The van der Waals surface area contributed by atoms with Crippen molar-refractivity contribution in [1.82, 2.24) is 9.88 Å². The number of methoxy groups -OCH3 is 1. The summed E-state index contributed by atoms with van der Waals surface area (Å²) in [5.74, 6) is -0.692. The molecule has 1 heterocycles. The first-order valence-corrected chi connectivity index (χ1v) is 7.44. The van der Waals surface area contributed by atoms with Gasteiger partial charge in [-0.1, -0.05) is 29.8 Å². The molecule has 0 aliphatic carbocycles. The molecular weight excluding hydrogens is 292 g/mol. The molecule has 0 aliphatic heterocycles. The molecule has 120 valence electrons. The Morgan fingerprint density at radius 3 is 2.65 bits per heavy atom. The lowest BCUT2D eigenvalue weighted by Crippen LogP contribution is -2.30. The molecule has 5 heteroatoms. The number of amides is 1. The summed E-state index contributed by atoms with van der Waals surface area (Å²) in [6, 6.07) is 11.1. The summed E-state index contributed by atoms with van der Waals surface area (Å²) in [5, 5.41) is 0. The molecule has 0 N–H and O–H groups in total. The Kier molecular flexibility index (Phi) is 5.46. The van der Waals surface area contributed by atoms with Crippen LogP contribution in [0.25, 0.3) is 0 Å². The summed E-state index contributed by atoms with van der Waals surface area (Å²) in [7, 11) is 1.29. The third-order valence-electron chi connectivity index (χ3n) is 3.53. The molecule has 2 aromatic rings. The summed E-state index contributed by atoms with van der Waals surface area (Å²) in [4.78, 5) is 29.9. The number of hydrogen-bond acceptors (Lipinski definition) is 4. The Bertz CT molecular complexity index is 713. The molecule has 1 aromatic carbocycles. The van der Waals surface area contributed by atoms with Gasteiger partial charge in [0.25, 0.3) is 5.91 Å². The van der Waals surface area contributed by atoms with Gasteiger partial charge in [-0.15, -0.1) is 0 Å². The molecule has 1 aromatic heterocycles. The van der Waals surface area contributed by atoms with Crippen LogP contribution in [0.5, 0.6) is 0 Å². The highest BCUT2D eigenvalue weighted by molar-refractivity contribution is 5.97. The van der Waals surface area contributed by atoms with E-state index in [1.807, 2.05) is 32.0 Å². The van der Waals surface area contributed by atoms with Gasteiger partial charge >= 0.3 is 5.97 Å². The molecule has 0 saturated carbocycles. The van der Waals surface area contributed by atoms with Gasteiger partial charge < -0.3 is 9.64 Å². The number of pyridine rings is 1. The maximum atomic E-state index is 12.7. The van der Waals surface area contributed by atoms with E-state index in [1.165, 1.54) is 19.4 Å². The van der Waals surface area contributed by atoms with Crippen molar-refractivity contribution in [3.8, 4) is 0 Å². The Hall–Kier alpha value is -2.69. The van der Waals surface area contributed by atoms with Gasteiger partial charge in [0.05, 0.1) is 7.11 Å². The van der Waals surface area contributed by atoms with Gasteiger partial charge in [0, 0.05) is 24.8 Å². The number of ether oxygens (including phenoxy) is 1. The number of rotatable bonds is 5. The second-order valence-corrected chi connectivity index (χ2v) is 5.23. The van der Waals surface area contributed by atoms with Crippen LogP contribution in [-0.4, -0.2) is 35.4 Å². The normalized spacial score (nSPS) is 10.2. The van der Waals surface area contributed by atoms with Gasteiger partial charge in [0.15, 0.2) is 0 Å². The molecule has 2 rings (SSSR count). The minimum absolute atomic E-state index is 0.130. The number of aromatic nitrogens is 1. The van der Waals surface area contributed by atoms with Gasteiger partial charge in [-0.05, 0) is 31.5 Å². The minimum atomic E-state index is -0.554. The van der Waals surface area contributed by atoms with Crippen molar-refractivity contribution in [1.29, 1.82) is 0 Å². The van der Waals surface area contributed by atoms with E-state index in [2.05, 4.69) is 15.8 Å². The van der Waals surface area contributed by atoms with Gasteiger partial charge in [-0.25, -0.2) is 9.78 Å². The largest absolute Gasteiger partial charge is 0.464 e. The van der Waals surface area contributed by atoms with Crippen LogP contribution in [0.3, 0.4) is 0 Å². The highest BCUT2D eigenvalue weighted by Gasteiger charge is 2.17. The molecule has 0 unspecified atom stereocenters. The van der Waals surface area contributed by atoms with E-state index in [4.69, 9.17) is 0 Å². The molecule has 0 bridgehead atoms. The zero-order valence-corrected chi connectivity index (χ0v) is 13.6. The quantitative estimate of drug-likeness (QED) is 0.797. The molecule has 5 nitrogen and oxygen atoms in total.